The quantitative estimate of drug-likeness (QED) is 0.446. The number of carbonyl (C=O) groups excluding carboxylic acids is 2. The summed E-state index contributed by atoms with van der Waals surface area (Å²) < 4.78 is 26.4. The third-order valence-electron chi connectivity index (χ3n) is 5.81. The number of hydrogen-bond donors (Lipinski definition) is 1. The van der Waals surface area contributed by atoms with Gasteiger partial charge in [0.1, 0.15) is 6.04 Å². The number of sulfonamides is 1. The lowest BCUT2D eigenvalue weighted by Crippen LogP contribution is -2.48. The van der Waals surface area contributed by atoms with Gasteiger partial charge in [-0.25, -0.2) is 8.42 Å². The number of rotatable bonds is 11. The van der Waals surface area contributed by atoms with Gasteiger partial charge in [0.15, 0.2) is 0 Å². The van der Waals surface area contributed by atoms with Gasteiger partial charge in [-0.05, 0) is 56.0 Å². The second-order valence-corrected chi connectivity index (χ2v) is 11.2. The monoisotopic (exact) mass is 541 g/mol. The van der Waals surface area contributed by atoms with Crippen LogP contribution in [0.3, 0.4) is 0 Å². The number of amides is 2. The molecule has 1 unspecified atom stereocenters. The minimum atomic E-state index is -3.56. The maximum Gasteiger partial charge on any atom is 0.242 e. The summed E-state index contributed by atoms with van der Waals surface area (Å²) >= 11 is 12.7. The summed E-state index contributed by atoms with van der Waals surface area (Å²) in [6.07, 6.45) is 1.87. The molecule has 0 bridgehead atoms. The smallest absolute Gasteiger partial charge is 0.242 e. The van der Waals surface area contributed by atoms with Crippen molar-refractivity contribution in [1.29, 1.82) is 0 Å². The molecule has 0 saturated carbocycles. The Balaban J connectivity index is 2.28. The summed E-state index contributed by atoms with van der Waals surface area (Å²) in [5, 5.41) is 3.41. The van der Waals surface area contributed by atoms with Crippen LogP contribution in [0.2, 0.25) is 10.0 Å². The minimum absolute atomic E-state index is 0.0481. The first-order chi connectivity index (χ1) is 16.4. The lowest BCUT2D eigenvalue weighted by atomic mass is 10.1. The summed E-state index contributed by atoms with van der Waals surface area (Å²) in [6.45, 7) is 5.76. The molecule has 0 fully saturated rings. The molecule has 1 atom stereocenters. The number of benzene rings is 2. The van der Waals surface area contributed by atoms with Gasteiger partial charge in [-0.2, -0.15) is 0 Å². The van der Waals surface area contributed by atoms with Crippen LogP contribution in [0.4, 0.5) is 5.69 Å². The molecular formula is C25H33Cl2N3O4S. The predicted octanol–water partition coefficient (Wildman–Crippen LogP) is 4.71. The number of likely N-dealkylation sites (N-methyl/N-ethyl adjacent to an activating group) is 1. The molecule has 2 aromatic carbocycles. The highest BCUT2D eigenvalue weighted by molar-refractivity contribution is 7.92. The fourth-order valence-corrected chi connectivity index (χ4v) is 5.44. The first-order valence-electron chi connectivity index (χ1n) is 11.4. The van der Waals surface area contributed by atoms with E-state index in [1.54, 1.807) is 18.2 Å². The van der Waals surface area contributed by atoms with E-state index in [-0.39, 0.29) is 37.7 Å². The largest absolute Gasteiger partial charge is 0.357 e. The van der Waals surface area contributed by atoms with E-state index in [0.717, 1.165) is 17.4 Å². The summed E-state index contributed by atoms with van der Waals surface area (Å²) in [6, 6.07) is 9.97. The zero-order chi connectivity index (χ0) is 26.3. The third kappa shape index (κ3) is 7.59. The number of carbonyl (C=O) groups is 2. The maximum atomic E-state index is 13.4. The molecule has 35 heavy (non-hydrogen) atoms. The van der Waals surface area contributed by atoms with E-state index in [0.29, 0.717) is 27.7 Å². The average Bonchev–Trinajstić information content (AvgIpc) is 2.79. The van der Waals surface area contributed by atoms with Gasteiger partial charge in [0.05, 0.1) is 11.9 Å². The minimum Gasteiger partial charge on any atom is -0.357 e. The van der Waals surface area contributed by atoms with Crippen LogP contribution in [0.5, 0.6) is 0 Å². The normalized spacial score (nSPS) is 12.2. The van der Waals surface area contributed by atoms with Crippen LogP contribution in [-0.2, 0) is 26.2 Å². The molecule has 10 heteroatoms. The van der Waals surface area contributed by atoms with Crippen molar-refractivity contribution in [1.82, 2.24) is 10.2 Å². The summed E-state index contributed by atoms with van der Waals surface area (Å²) in [5.41, 5.74) is 2.92. The Morgan fingerprint density at radius 2 is 1.71 bits per heavy atom. The third-order valence-corrected chi connectivity index (χ3v) is 7.70. The molecule has 192 valence electrons. The van der Waals surface area contributed by atoms with Crippen molar-refractivity contribution in [3.8, 4) is 0 Å². The number of hydrogen-bond acceptors (Lipinski definition) is 4. The molecule has 0 aliphatic carbocycles. The number of nitrogens with one attached hydrogen (secondary N) is 1. The Morgan fingerprint density at radius 3 is 2.26 bits per heavy atom. The Bertz CT molecular complexity index is 1150. The molecule has 1 N–H and O–H groups in total. The highest BCUT2D eigenvalue weighted by Crippen LogP contribution is 2.28. The highest BCUT2D eigenvalue weighted by Gasteiger charge is 2.29. The standard InChI is InChI=1S/C25H33Cl2N3O4S/c1-6-22(25(32)28-4)29(16-19-20(26)9-7-10-21(19)27)24(31)11-8-14-30(35(5,33)34)23-15-17(2)12-13-18(23)3/h7,9-10,12-13,15,22H,6,8,11,14,16H2,1-5H3,(H,28,32). The molecule has 2 amide bonds. The number of aryl methyl sites for hydroxylation is 2. The van der Waals surface area contributed by atoms with E-state index in [9.17, 15) is 18.0 Å². The van der Waals surface area contributed by atoms with Gasteiger partial charge < -0.3 is 10.2 Å². The topological polar surface area (TPSA) is 86.8 Å². The summed E-state index contributed by atoms with van der Waals surface area (Å²) in [4.78, 5) is 27.4. The molecule has 0 aromatic heterocycles. The van der Waals surface area contributed by atoms with E-state index in [4.69, 9.17) is 23.2 Å². The first-order valence-corrected chi connectivity index (χ1v) is 14.0. The molecule has 0 heterocycles. The number of halogens is 2. The van der Waals surface area contributed by atoms with Crippen LogP contribution in [-0.4, -0.2) is 51.0 Å². The second kappa shape index (κ2) is 12.6. The lowest BCUT2D eigenvalue weighted by molar-refractivity contribution is -0.141. The highest BCUT2D eigenvalue weighted by atomic mass is 35.5. The summed E-state index contributed by atoms with van der Waals surface area (Å²) in [7, 11) is -2.05. The molecule has 0 radical (unpaired) electrons. The SMILES string of the molecule is CCC(C(=O)NC)N(Cc1c(Cl)cccc1Cl)C(=O)CCCN(c1cc(C)ccc1C)S(C)(=O)=O. The van der Waals surface area contributed by atoms with Gasteiger partial charge >= 0.3 is 0 Å². The molecule has 0 spiro atoms. The van der Waals surface area contributed by atoms with Gasteiger partial charge in [-0.3, -0.25) is 13.9 Å². The number of anilines is 1. The predicted molar refractivity (Wildman–Crippen MR) is 142 cm³/mol. The first kappa shape index (κ1) is 28.9. The van der Waals surface area contributed by atoms with Gasteiger partial charge in [-0.15, -0.1) is 0 Å². The number of nitrogens with zero attached hydrogens (tertiary/aromatic N) is 2. The van der Waals surface area contributed by atoms with E-state index in [1.807, 2.05) is 39.0 Å². The molecule has 0 saturated heterocycles. The zero-order valence-corrected chi connectivity index (χ0v) is 23.1. The molecular weight excluding hydrogens is 509 g/mol. The maximum absolute atomic E-state index is 13.4. The second-order valence-electron chi connectivity index (χ2n) is 8.49. The van der Waals surface area contributed by atoms with E-state index >= 15 is 0 Å². The van der Waals surface area contributed by atoms with Crippen molar-refractivity contribution in [3.63, 3.8) is 0 Å². The Morgan fingerprint density at radius 1 is 1.09 bits per heavy atom. The molecule has 7 nitrogen and oxygen atoms in total. The van der Waals surface area contributed by atoms with Crippen LogP contribution in [0.1, 0.15) is 42.9 Å². The Labute approximate surface area is 218 Å². The van der Waals surface area contributed by atoms with Crippen LogP contribution in [0.25, 0.3) is 0 Å². The zero-order valence-electron chi connectivity index (χ0n) is 20.8. The Kier molecular flexibility index (Phi) is 10.4. The lowest BCUT2D eigenvalue weighted by Gasteiger charge is -2.31. The van der Waals surface area contributed by atoms with Gasteiger partial charge in [-0.1, -0.05) is 48.3 Å². The van der Waals surface area contributed by atoms with E-state index < -0.39 is 16.1 Å². The summed E-state index contributed by atoms with van der Waals surface area (Å²) in [5.74, 6) is -0.581. The van der Waals surface area contributed by atoms with Crippen molar-refractivity contribution >= 4 is 50.7 Å². The molecule has 0 aliphatic rings. The van der Waals surface area contributed by atoms with Crippen molar-refractivity contribution in [2.45, 2.75) is 52.6 Å². The van der Waals surface area contributed by atoms with Gasteiger partial charge in [0, 0.05) is 42.2 Å². The van der Waals surface area contributed by atoms with Crippen molar-refractivity contribution < 1.29 is 18.0 Å². The van der Waals surface area contributed by atoms with E-state index in [2.05, 4.69) is 5.32 Å². The van der Waals surface area contributed by atoms with Crippen molar-refractivity contribution in [2.75, 3.05) is 24.2 Å². The van der Waals surface area contributed by atoms with Crippen molar-refractivity contribution in [3.05, 3.63) is 63.1 Å². The molecule has 0 aliphatic heterocycles. The van der Waals surface area contributed by atoms with Crippen LogP contribution in [0, 0.1) is 13.8 Å². The van der Waals surface area contributed by atoms with Crippen LogP contribution >= 0.6 is 23.2 Å². The van der Waals surface area contributed by atoms with Crippen LogP contribution < -0.4 is 9.62 Å². The van der Waals surface area contributed by atoms with E-state index in [1.165, 1.54) is 16.3 Å². The van der Waals surface area contributed by atoms with Crippen LogP contribution in [0.15, 0.2) is 36.4 Å². The van der Waals surface area contributed by atoms with Gasteiger partial charge in [0.2, 0.25) is 21.8 Å². The van der Waals surface area contributed by atoms with Gasteiger partial charge in [0.25, 0.3) is 0 Å². The van der Waals surface area contributed by atoms with Crippen molar-refractivity contribution in [2.24, 2.45) is 0 Å². The molecule has 2 rings (SSSR count). The fourth-order valence-electron chi connectivity index (χ4n) is 3.91. The Hall–Kier alpha value is -2.29. The average molecular weight is 543 g/mol. The fraction of sp³-hybridized carbons (Fsp3) is 0.440. The molecule has 2 aromatic rings.